The number of methoxy groups -OCH3 is 1. The fourth-order valence-corrected chi connectivity index (χ4v) is 1.50. The van der Waals surface area contributed by atoms with Gasteiger partial charge < -0.3 is 35.6 Å². The van der Waals surface area contributed by atoms with Gasteiger partial charge in [-0.2, -0.15) is 12.6 Å². The molecule has 0 bridgehead atoms. The molecule has 0 unspecified atom stereocenters. The number of nitrogens with one attached hydrogen (secondary N) is 1. The summed E-state index contributed by atoms with van der Waals surface area (Å²) < 4.78 is 4.38. The highest BCUT2D eigenvalue weighted by Crippen LogP contribution is 2.06. The van der Waals surface area contributed by atoms with Gasteiger partial charge in [-0.15, -0.1) is 0 Å². The van der Waals surface area contributed by atoms with Gasteiger partial charge in [-0.1, -0.05) is 0 Å². The van der Waals surface area contributed by atoms with Crippen molar-refractivity contribution in [3.8, 4) is 0 Å². The number of aliphatic hydroxyl groups excluding tert-OH is 5. The van der Waals surface area contributed by atoms with Crippen LogP contribution >= 0.6 is 12.6 Å². The second kappa shape index (κ2) is 9.10. The van der Waals surface area contributed by atoms with E-state index >= 15 is 0 Å². The van der Waals surface area contributed by atoms with Gasteiger partial charge in [-0.25, -0.2) is 4.79 Å². The molecule has 0 radical (unpaired) electrons. The minimum Gasteiger partial charge on any atom is -0.467 e. The van der Waals surface area contributed by atoms with Crippen LogP contribution in [0.1, 0.15) is 0 Å². The van der Waals surface area contributed by atoms with E-state index in [0.717, 1.165) is 7.11 Å². The Labute approximate surface area is 120 Å². The van der Waals surface area contributed by atoms with Gasteiger partial charge in [-0.05, 0) is 0 Å². The average Bonchev–Trinajstić information content (AvgIpc) is 2.48. The van der Waals surface area contributed by atoms with Gasteiger partial charge in [0.1, 0.15) is 24.4 Å². The molecule has 0 aromatic carbocycles. The molecule has 0 saturated heterocycles. The van der Waals surface area contributed by atoms with Gasteiger partial charge in [-0.3, -0.25) is 4.79 Å². The third kappa shape index (κ3) is 5.23. The van der Waals surface area contributed by atoms with Crippen LogP contribution in [0.5, 0.6) is 0 Å². The van der Waals surface area contributed by atoms with Crippen LogP contribution < -0.4 is 5.32 Å². The fourth-order valence-electron chi connectivity index (χ4n) is 1.26. The number of rotatable bonds is 8. The number of carbonyl (C=O) groups is 2. The Morgan fingerprint density at radius 2 is 1.75 bits per heavy atom. The van der Waals surface area contributed by atoms with Gasteiger partial charge in [0.15, 0.2) is 6.10 Å². The third-order valence-corrected chi connectivity index (χ3v) is 2.87. The van der Waals surface area contributed by atoms with Crippen LogP contribution in [0.2, 0.25) is 0 Å². The molecule has 10 heteroatoms. The minimum atomic E-state index is -2.11. The molecule has 0 spiro atoms. The van der Waals surface area contributed by atoms with Crippen LogP contribution in [0.3, 0.4) is 0 Å². The van der Waals surface area contributed by atoms with Crippen molar-refractivity contribution in [3.63, 3.8) is 0 Å². The number of hydrogen-bond acceptors (Lipinski definition) is 9. The van der Waals surface area contributed by atoms with E-state index in [0.29, 0.717) is 0 Å². The Hall–Kier alpha value is -0.910. The predicted octanol–water partition coefficient (Wildman–Crippen LogP) is -3.99. The lowest BCUT2D eigenvalue weighted by molar-refractivity contribution is -0.153. The molecular weight excluding hydrogens is 294 g/mol. The number of hydrogen-bond donors (Lipinski definition) is 7. The molecule has 0 heterocycles. The fraction of sp³-hybridized carbons (Fsp3) is 0.800. The normalized spacial score (nSPS) is 18.6. The van der Waals surface area contributed by atoms with E-state index in [1.54, 1.807) is 0 Å². The summed E-state index contributed by atoms with van der Waals surface area (Å²) >= 11 is 3.81. The molecule has 0 aliphatic heterocycles. The van der Waals surface area contributed by atoms with Gasteiger partial charge >= 0.3 is 5.97 Å². The molecule has 118 valence electrons. The Balaban J connectivity index is 4.64. The van der Waals surface area contributed by atoms with E-state index in [-0.39, 0.29) is 5.75 Å². The average molecular weight is 313 g/mol. The molecule has 5 atom stereocenters. The van der Waals surface area contributed by atoms with Crippen molar-refractivity contribution in [2.45, 2.75) is 30.5 Å². The zero-order valence-electron chi connectivity index (χ0n) is 10.7. The van der Waals surface area contributed by atoms with Gasteiger partial charge in [0, 0.05) is 5.75 Å². The number of carbonyl (C=O) groups excluding carboxylic acids is 2. The van der Waals surface area contributed by atoms with E-state index in [1.165, 1.54) is 0 Å². The van der Waals surface area contributed by atoms with Crippen molar-refractivity contribution >= 4 is 24.5 Å². The van der Waals surface area contributed by atoms with Crippen molar-refractivity contribution < 1.29 is 39.9 Å². The second-order valence-electron chi connectivity index (χ2n) is 3.94. The van der Waals surface area contributed by atoms with E-state index in [4.69, 9.17) is 10.2 Å². The first-order valence-corrected chi connectivity index (χ1v) is 6.25. The molecule has 0 rings (SSSR count). The van der Waals surface area contributed by atoms with Crippen molar-refractivity contribution in [1.82, 2.24) is 5.32 Å². The summed E-state index contributed by atoms with van der Waals surface area (Å²) in [4.78, 5) is 22.8. The molecule has 6 N–H and O–H groups in total. The molecule has 0 fully saturated rings. The van der Waals surface area contributed by atoms with Crippen molar-refractivity contribution in [3.05, 3.63) is 0 Å². The van der Waals surface area contributed by atoms with E-state index in [2.05, 4.69) is 22.7 Å². The van der Waals surface area contributed by atoms with Crippen LogP contribution in [0.15, 0.2) is 0 Å². The van der Waals surface area contributed by atoms with Gasteiger partial charge in [0.25, 0.3) is 5.91 Å². The standard InChI is InChI=1S/C10H19NO8S/c1-19-10(18)4(3-20)11-9(17)8(16)7(15)6(14)5(13)2-12/h4-8,12-16,20H,2-3H2,1H3,(H,11,17)/t4-,5+,6+,7-,8+/m0/s1. The zero-order chi connectivity index (χ0) is 15.9. The van der Waals surface area contributed by atoms with Crippen LogP contribution in [0.25, 0.3) is 0 Å². The SMILES string of the molecule is COC(=O)[C@H](CS)NC(=O)[C@H](O)[C@@H](O)[C@H](O)[C@H](O)CO. The third-order valence-electron chi connectivity index (χ3n) is 2.51. The number of thiol groups is 1. The molecule has 0 aliphatic rings. The predicted molar refractivity (Wildman–Crippen MR) is 68.9 cm³/mol. The highest BCUT2D eigenvalue weighted by molar-refractivity contribution is 7.80. The molecule has 20 heavy (non-hydrogen) atoms. The van der Waals surface area contributed by atoms with E-state index < -0.39 is 48.9 Å². The van der Waals surface area contributed by atoms with Crippen LogP contribution in [-0.2, 0) is 14.3 Å². The maximum Gasteiger partial charge on any atom is 0.329 e. The lowest BCUT2D eigenvalue weighted by Gasteiger charge is -2.25. The highest BCUT2D eigenvalue weighted by atomic mass is 32.1. The number of amides is 1. The lowest BCUT2D eigenvalue weighted by atomic mass is 10.0. The quantitative estimate of drug-likeness (QED) is 0.177. The van der Waals surface area contributed by atoms with Gasteiger partial charge in [0.2, 0.25) is 0 Å². The molecule has 0 aromatic heterocycles. The maximum atomic E-state index is 11.6. The first-order valence-electron chi connectivity index (χ1n) is 5.62. The Morgan fingerprint density at radius 1 is 1.20 bits per heavy atom. The molecule has 0 aliphatic carbocycles. The van der Waals surface area contributed by atoms with Crippen molar-refractivity contribution in [1.29, 1.82) is 0 Å². The molecule has 0 saturated carbocycles. The summed E-state index contributed by atoms with van der Waals surface area (Å²) in [5, 5.41) is 48.1. The van der Waals surface area contributed by atoms with Crippen molar-refractivity contribution in [2.24, 2.45) is 0 Å². The summed E-state index contributed by atoms with van der Waals surface area (Å²) in [5.74, 6) is -2.07. The monoisotopic (exact) mass is 313 g/mol. The summed E-state index contributed by atoms with van der Waals surface area (Å²) in [6.07, 6.45) is -7.82. The van der Waals surface area contributed by atoms with Crippen molar-refractivity contribution in [2.75, 3.05) is 19.5 Å². The summed E-state index contributed by atoms with van der Waals surface area (Å²) in [5.41, 5.74) is 0. The first kappa shape index (κ1) is 19.1. The lowest BCUT2D eigenvalue weighted by Crippen LogP contribution is -2.54. The van der Waals surface area contributed by atoms with Crippen LogP contribution in [0.4, 0.5) is 0 Å². The highest BCUT2D eigenvalue weighted by Gasteiger charge is 2.35. The van der Waals surface area contributed by atoms with E-state index in [1.807, 2.05) is 0 Å². The maximum absolute atomic E-state index is 11.6. The molecule has 1 amide bonds. The largest absolute Gasteiger partial charge is 0.467 e. The van der Waals surface area contributed by atoms with Crippen LogP contribution in [-0.4, -0.2) is 87.3 Å². The summed E-state index contributed by atoms with van der Waals surface area (Å²) in [7, 11) is 1.09. The Kier molecular flexibility index (Phi) is 8.69. The number of aliphatic hydroxyl groups is 5. The summed E-state index contributed by atoms with van der Waals surface area (Å²) in [6, 6.07) is -1.14. The second-order valence-corrected chi connectivity index (χ2v) is 4.31. The smallest absolute Gasteiger partial charge is 0.329 e. The van der Waals surface area contributed by atoms with Crippen LogP contribution in [0, 0.1) is 0 Å². The van der Waals surface area contributed by atoms with E-state index in [9.17, 15) is 24.9 Å². The number of ether oxygens (including phenoxy) is 1. The summed E-state index contributed by atoms with van der Waals surface area (Å²) in [6.45, 7) is -0.867. The molecule has 0 aromatic rings. The topological polar surface area (TPSA) is 157 Å². The Bertz CT molecular complexity index is 328. The Morgan fingerprint density at radius 3 is 2.15 bits per heavy atom. The molecular formula is C10H19NO8S. The zero-order valence-corrected chi connectivity index (χ0v) is 11.6. The first-order chi connectivity index (χ1) is 9.29. The van der Waals surface area contributed by atoms with Gasteiger partial charge in [0.05, 0.1) is 13.7 Å². The number of esters is 1. The minimum absolute atomic E-state index is 0.108. The molecule has 9 nitrogen and oxygen atoms in total.